The summed E-state index contributed by atoms with van der Waals surface area (Å²) in [5, 5.41) is 10.9. The molecule has 1 fully saturated rings. The highest BCUT2D eigenvalue weighted by Crippen LogP contribution is 2.38. The number of nitrogens with one attached hydrogen (secondary N) is 1. The van der Waals surface area contributed by atoms with Crippen molar-refractivity contribution < 1.29 is 9.53 Å². The topological polar surface area (TPSA) is 67.9 Å². The Morgan fingerprint density at radius 1 is 1.39 bits per heavy atom. The molecule has 1 atom stereocenters. The van der Waals surface area contributed by atoms with E-state index in [-0.39, 0.29) is 5.25 Å². The number of carbonyl (C=O) groups is 1. The number of nitrogens with zero attached hydrogens (tertiary/aromatic N) is 2. The van der Waals surface area contributed by atoms with Gasteiger partial charge in [0.15, 0.2) is 5.69 Å². The van der Waals surface area contributed by atoms with Crippen LogP contribution in [0.25, 0.3) is 0 Å². The Morgan fingerprint density at radius 2 is 2.17 bits per heavy atom. The molecule has 18 heavy (non-hydrogen) atoms. The molecule has 1 aliphatic heterocycles. The van der Waals surface area contributed by atoms with Crippen molar-refractivity contribution in [2.75, 3.05) is 5.75 Å². The fourth-order valence-corrected chi connectivity index (χ4v) is 3.21. The molecule has 0 aromatic carbocycles. The smallest absolute Gasteiger partial charge is 0.361 e. The Balaban J connectivity index is 2.14. The van der Waals surface area contributed by atoms with Gasteiger partial charge in [-0.15, -0.1) is 5.10 Å². The summed E-state index contributed by atoms with van der Waals surface area (Å²) in [4.78, 5) is 12.0. The van der Waals surface area contributed by atoms with Gasteiger partial charge >= 0.3 is 5.97 Å². The van der Waals surface area contributed by atoms with Crippen molar-refractivity contribution in [3.63, 3.8) is 0 Å². The van der Waals surface area contributed by atoms with Gasteiger partial charge in [0.05, 0.1) is 5.25 Å². The number of ether oxygens (including phenoxy) is 1. The largest absolute Gasteiger partial charge is 0.455 e. The second-order valence-electron chi connectivity index (χ2n) is 5.41. The van der Waals surface area contributed by atoms with Crippen LogP contribution in [0.2, 0.25) is 0 Å². The van der Waals surface area contributed by atoms with Crippen molar-refractivity contribution in [1.29, 1.82) is 0 Å². The average Bonchev–Trinajstić information content (AvgIpc) is 2.76. The third kappa shape index (κ3) is 3.25. The Hall–Kier alpha value is -1.04. The van der Waals surface area contributed by atoms with Crippen molar-refractivity contribution in [1.82, 2.24) is 15.4 Å². The minimum atomic E-state index is -0.507. The fourth-order valence-electron chi connectivity index (χ4n) is 1.90. The minimum Gasteiger partial charge on any atom is -0.455 e. The fraction of sp³-hybridized carbons (Fsp3) is 0.750. The monoisotopic (exact) mass is 269 g/mol. The number of H-pyrrole nitrogens is 1. The van der Waals surface area contributed by atoms with Crippen LogP contribution < -0.4 is 0 Å². The first kappa shape index (κ1) is 13.4. The first-order valence-corrected chi connectivity index (χ1v) is 7.28. The molecule has 1 N–H and O–H groups in total. The number of thioether (sulfide) groups is 1. The van der Waals surface area contributed by atoms with Crippen molar-refractivity contribution in [2.45, 2.75) is 50.9 Å². The van der Waals surface area contributed by atoms with E-state index in [4.69, 9.17) is 4.74 Å². The molecule has 5 nitrogen and oxygen atoms in total. The predicted molar refractivity (Wildman–Crippen MR) is 70.6 cm³/mol. The zero-order chi connectivity index (χ0) is 13.2. The molecule has 0 radical (unpaired) electrons. The highest BCUT2D eigenvalue weighted by atomic mass is 32.2. The van der Waals surface area contributed by atoms with Crippen LogP contribution in [0.5, 0.6) is 0 Å². The highest BCUT2D eigenvalue weighted by Gasteiger charge is 2.28. The lowest BCUT2D eigenvalue weighted by atomic mass is 10.1. The van der Waals surface area contributed by atoms with Gasteiger partial charge in [0.2, 0.25) is 0 Å². The van der Waals surface area contributed by atoms with Crippen LogP contribution in [-0.4, -0.2) is 32.7 Å². The standard InChI is InChI=1S/C12H19N3O2S/c1-12(2,3)17-11(16)10-9(13-15-14-10)8-6-4-5-7-18-8/h8H,4-7H2,1-3H3,(H,13,14,15). The molecule has 2 heterocycles. The maximum atomic E-state index is 12.0. The third-order valence-corrected chi connectivity index (χ3v) is 4.04. The quantitative estimate of drug-likeness (QED) is 0.836. The van der Waals surface area contributed by atoms with Gasteiger partial charge in [0, 0.05) is 0 Å². The summed E-state index contributed by atoms with van der Waals surface area (Å²) < 4.78 is 5.34. The predicted octanol–water partition coefficient (Wildman–Crippen LogP) is 2.72. The molecule has 0 spiro atoms. The zero-order valence-corrected chi connectivity index (χ0v) is 11.8. The molecule has 0 bridgehead atoms. The second-order valence-corrected chi connectivity index (χ2v) is 6.73. The number of carbonyl (C=O) groups excluding carboxylic acids is 1. The van der Waals surface area contributed by atoms with Crippen LogP contribution in [0.4, 0.5) is 0 Å². The maximum Gasteiger partial charge on any atom is 0.361 e. The van der Waals surface area contributed by atoms with E-state index < -0.39 is 11.6 Å². The average molecular weight is 269 g/mol. The van der Waals surface area contributed by atoms with Gasteiger partial charge in [0.1, 0.15) is 11.3 Å². The second kappa shape index (κ2) is 5.30. The Kier molecular flexibility index (Phi) is 3.94. The van der Waals surface area contributed by atoms with Crippen LogP contribution in [0, 0.1) is 0 Å². The summed E-state index contributed by atoms with van der Waals surface area (Å²) >= 11 is 1.84. The molecule has 100 valence electrons. The highest BCUT2D eigenvalue weighted by molar-refractivity contribution is 7.99. The lowest BCUT2D eigenvalue weighted by Gasteiger charge is -2.21. The van der Waals surface area contributed by atoms with Gasteiger partial charge < -0.3 is 4.74 Å². The van der Waals surface area contributed by atoms with E-state index >= 15 is 0 Å². The van der Waals surface area contributed by atoms with Gasteiger partial charge in [-0.3, -0.25) is 0 Å². The summed E-state index contributed by atoms with van der Waals surface area (Å²) in [5.41, 5.74) is 0.575. The number of rotatable bonds is 2. The summed E-state index contributed by atoms with van der Waals surface area (Å²) in [5.74, 6) is 0.725. The number of aromatic nitrogens is 3. The van der Waals surface area contributed by atoms with Crippen LogP contribution >= 0.6 is 11.8 Å². The van der Waals surface area contributed by atoms with Gasteiger partial charge in [-0.2, -0.15) is 22.1 Å². The van der Waals surface area contributed by atoms with Gasteiger partial charge in [-0.25, -0.2) is 4.79 Å². The molecule has 6 heteroatoms. The van der Waals surface area contributed by atoms with E-state index in [0.717, 1.165) is 17.9 Å². The maximum absolute atomic E-state index is 12.0. The normalized spacial score (nSPS) is 20.7. The summed E-state index contributed by atoms with van der Waals surface area (Å²) in [6, 6.07) is 0. The summed E-state index contributed by atoms with van der Waals surface area (Å²) in [6.07, 6.45) is 3.46. The zero-order valence-electron chi connectivity index (χ0n) is 11.0. The van der Waals surface area contributed by atoms with E-state index in [9.17, 15) is 4.79 Å². The van der Waals surface area contributed by atoms with Crippen LogP contribution in [-0.2, 0) is 4.74 Å². The number of esters is 1. The Morgan fingerprint density at radius 3 is 2.78 bits per heavy atom. The molecule has 0 saturated carbocycles. The van der Waals surface area contributed by atoms with Crippen molar-refractivity contribution in [3.8, 4) is 0 Å². The molecule has 2 rings (SSSR count). The van der Waals surface area contributed by atoms with E-state index in [0.29, 0.717) is 5.69 Å². The van der Waals surface area contributed by atoms with Crippen LogP contribution in [0.1, 0.15) is 61.5 Å². The SMILES string of the molecule is CC(C)(C)OC(=O)c1n[nH]nc1C1CCCCS1. The number of hydrogen-bond acceptors (Lipinski definition) is 5. The first-order chi connectivity index (χ1) is 8.47. The minimum absolute atomic E-state index is 0.264. The van der Waals surface area contributed by atoms with Crippen LogP contribution in [0.3, 0.4) is 0 Å². The third-order valence-electron chi connectivity index (χ3n) is 2.65. The van der Waals surface area contributed by atoms with Gasteiger partial charge in [-0.05, 0) is 39.4 Å². The van der Waals surface area contributed by atoms with Crippen LogP contribution in [0.15, 0.2) is 0 Å². The van der Waals surface area contributed by atoms with Crippen molar-refractivity contribution >= 4 is 17.7 Å². The van der Waals surface area contributed by atoms with Crippen molar-refractivity contribution in [3.05, 3.63) is 11.4 Å². The van der Waals surface area contributed by atoms with E-state index in [1.807, 2.05) is 32.5 Å². The van der Waals surface area contributed by atoms with Crippen molar-refractivity contribution in [2.24, 2.45) is 0 Å². The first-order valence-electron chi connectivity index (χ1n) is 6.23. The molecule has 0 aliphatic carbocycles. The molecule has 1 saturated heterocycles. The lowest BCUT2D eigenvalue weighted by molar-refractivity contribution is 0.00614. The molecule has 1 aromatic heterocycles. The lowest BCUT2D eigenvalue weighted by Crippen LogP contribution is -2.25. The molecule has 0 amide bonds. The van der Waals surface area contributed by atoms with Gasteiger partial charge in [0.25, 0.3) is 0 Å². The van der Waals surface area contributed by atoms with E-state index in [2.05, 4.69) is 15.4 Å². The number of hydrogen-bond donors (Lipinski definition) is 1. The molecule has 1 aromatic rings. The van der Waals surface area contributed by atoms with E-state index in [1.165, 1.54) is 12.8 Å². The number of aromatic amines is 1. The summed E-state index contributed by atoms with van der Waals surface area (Å²) in [7, 11) is 0. The Bertz CT molecular complexity index is 419. The van der Waals surface area contributed by atoms with E-state index in [1.54, 1.807) is 0 Å². The molecule has 1 aliphatic rings. The molecular weight excluding hydrogens is 250 g/mol. The molecule has 1 unspecified atom stereocenters. The van der Waals surface area contributed by atoms with Gasteiger partial charge in [-0.1, -0.05) is 6.42 Å². The summed E-state index contributed by atoms with van der Waals surface area (Å²) in [6.45, 7) is 5.54. The Labute approximate surface area is 111 Å². The molecular formula is C12H19N3O2S.